The van der Waals surface area contributed by atoms with Crippen molar-refractivity contribution < 1.29 is 14.0 Å². The van der Waals surface area contributed by atoms with Gasteiger partial charge in [-0.1, -0.05) is 30.3 Å². The first-order valence-electron chi connectivity index (χ1n) is 13.0. The summed E-state index contributed by atoms with van der Waals surface area (Å²) in [5.41, 5.74) is 5.30. The summed E-state index contributed by atoms with van der Waals surface area (Å²) in [4.78, 5) is 10.1. The van der Waals surface area contributed by atoms with E-state index in [4.69, 9.17) is 14.5 Å². The normalized spacial score (nSPS) is 21.2. The number of aryl methyl sites for hydroxylation is 3. The third kappa shape index (κ3) is 6.20. The second-order valence-corrected chi connectivity index (χ2v) is 11.3. The summed E-state index contributed by atoms with van der Waals surface area (Å²) in [6, 6.07) is 16.2. The highest BCUT2D eigenvalue weighted by molar-refractivity contribution is 7.92. The molecule has 1 unspecified atom stereocenters. The molecule has 7 heteroatoms. The van der Waals surface area contributed by atoms with Crippen LogP contribution in [0.1, 0.15) is 48.8 Å². The lowest BCUT2D eigenvalue weighted by molar-refractivity contribution is 0.0540. The van der Waals surface area contributed by atoms with Crippen LogP contribution >= 0.6 is 0 Å². The molecule has 0 saturated carbocycles. The lowest BCUT2D eigenvalue weighted by Gasteiger charge is -2.27. The minimum absolute atomic E-state index is 0.312. The molecule has 1 saturated heterocycles. The van der Waals surface area contributed by atoms with Crippen molar-refractivity contribution >= 4 is 17.3 Å². The van der Waals surface area contributed by atoms with Gasteiger partial charge in [-0.2, -0.15) is 9.71 Å². The molecule has 5 rings (SSSR count). The van der Waals surface area contributed by atoms with Gasteiger partial charge in [0.1, 0.15) is 11.4 Å². The lowest BCUT2D eigenvalue weighted by Crippen LogP contribution is -2.22. The number of anilines is 1. The van der Waals surface area contributed by atoms with E-state index in [0.29, 0.717) is 30.3 Å². The second kappa shape index (κ2) is 11.6. The van der Waals surface area contributed by atoms with Gasteiger partial charge in [0.15, 0.2) is 4.90 Å². The van der Waals surface area contributed by atoms with Gasteiger partial charge in [0.05, 0.1) is 12.3 Å². The van der Waals surface area contributed by atoms with Crippen LogP contribution in [0, 0.1) is 25.7 Å². The molecule has 0 amide bonds. The quantitative estimate of drug-likeness (QED) is 0.437. The number of aromatic nitrogens is 2. The van der Waals surface area contributed by atoms with Crippen molar-refractivity contribution in [3.63, 3.8) is 0 Å². The first kappa shape index (κ1) is 25.1. The Morgan fingerprint density at radius 3 is 2.56 bits per heavy atom. The van der Waals surface area contributed by atoms with Gasteiger partial charge in [0, 0.05) is 24.8 Å². The molecule has 0 aliphatic carbocycles. The van der Waals surface area contributed by atoms with Crippen molar-refractivity contribution in [2.45, 2.75) is 57.3 Å². The average Bonchev–Trinajstić information content (AvgIpc) is 2.87. The predicted octanol–water partition coefficient (Wildman–Crippen LogP) is 6.04. The Morgan fingerprint density at radius 1 is 0.972 bits per heavy atom. The maximum atomic E-state index is 13.2. The standard InChI is InChI=1S/C29H35N3O3S/c1-20-6-3-7-21(2)28(20)26-18-27-31-29(30-26)32-36(33)25-11-5-9-22(17-25)8-4-10-24(19-35-27)16-23-12-14-34-15-13-23/h3,5-7,9,11,17-18,23-24H,4,8,10,12-16,19H2,1-2H3,(H,30,31,32)/t24-,36?/m1/s1. The third-order valence-electron chi connectivity index (χ3n) is 7.29. The summed E-state index contributed by atoms with van der Waals surface area (Å²) >= 11 is -1.47. The summed E-state index contributed by atoms with van der Waals surface area (Å²) in [5, 5.41) is 0. The van der Waals surface area contributed by atoms with Crippen LogP contribution in [0.4, 0.5) is 5.95 Å². The van der Waals surface area contributed by atoms with Crippen molar-refractivity contribution in [3.05, 3.63) is 65.2 Å². The molecule has 2 aliphatic rings. The van der Waals surface area contributed by atoms with Gasteiger partial charge in [-0.25, -0.2) is 4.98 Å². The van der Waals surface area contributed by atoms with Crippen molar-refractivity contribution in [3.8, 4) is 17.1 Å². The lowest BCUT2D eigenvalue weighted by atomic mass is 9.86. The monoisotopic (exact) mass is 505 g/mol. The van der Waals surface area contributed by atoms with Gasteiger partial charge in [-0.05, 0) is 93.0 Å². The van der Waals surface area contributed by atoms with E-state index >= 15 is 0 Å². The number of nitrogens with one attached hydrogen (secondary N) is 1. The van der Waals surface area contributed by atoms with Gasteiger partial charge in [0.25, 0.3) is 5.95 Å². The molecule has 0 spiro atoms. The molecule has 2 atom stereocenters. The highest BCUT2D eigenvalue weighted by Gasteiger charge is 2.22. The van der Waals surface area contributed by atoms with Crippen molar-refractivity contribution in [1.82, 2.24) is 9.97 Å². The van der Waals surface area contributed by atoms with Crippen LogP contribution < -0.4 is 9.46 Å². The minimum Gasteiger partial charge on any atom is -0.588 e. The maximum Gasteiger partial charge on any atom is 0.269 e. The zero-order valence-electron chi connectivity index (χ0n) is 21.2. The fourth-order valence-electron chi connectivity index (χ4n) is 5.37. The zero-order chi connectivity index (χ0) is 24.9. The molecular weight excluding hydrogens is 470 g/mol. The summed E-state index contributed by atoms with van der Waals surface area (Å²) < 4.78 is 28.1. The smallest absolute Gasteiger partial charge is 0.269 e. The molecule has 2 aliphatic heterocycles. The Bertz CT molecular complexity index is 1160. The SMILES string of the molecule is Cc1cccc(C)c1-c1cc2nc(n1)N[S+]([O-])c1cccc(c1)CCC[C@H](CC1CCOCC1)CO2. The number of nitrogens with zero attached hydrogens (tertiary/aromatic N) is 2. The topological polar surface area (TPSA) is 79.3 Å². The number of ether oxygens (including phenoxy) is 2. The third-order valence-corrected chi connectivity index (χ3v) is 8.34. The molecule has 1 fully saturated rings. The molecule has 0 radical (unpaired) electrons. The van der Waals surface area contributed by atoms with E-state index in [1.807, 2.05) is 30.3 Å². The van der Waals surface area contributed by atoms with Gasteiger partial charge >= 0.3 is 0 Å². The molecule has 36 heavy (non-hydrogen) atoms. The van der Waals surface area contributed by atoms with Crippen LogP contribution in [-0.2, 0) is 22.5 Å². The highest BCUT2D eigenvalue weighted by atomic mass is 32.2. The molecule has 2 aromatic carbocycles. The van der Waals surface area contributed by atoms with Crippen molar-refractivity contribution in [2.24, 2.45) is 11.8 Å². The number of fused-ring (bicyclic) bond motifs is 4. The van der Waals surface area contributed by atoms with Crippen LogP contribution in [0.15, 0.2) is 53.4 Å². The Balaban J connectivity index is 1.49. The molecule has 3 aromatic rings. The fourth-order valence-corrected chi connectivity index (χ4v) is 6.21. The van der Waals surface area contributed by atoms with E-state index < -0.39 is 11.4 Å². The average molecular weight is 506 g/mol. The van der Waals surface area contributed by atoms with Gasteiger partial charge < -0.3 is 14.0 Å². The van der Waals surface area contributed by atoms with Crippen molar-refractivity contribution in [2.75, 3.05) is 24.5 Å². The number of hydrogen-bond donors (Lipinski definition) is 1. The maximum absolute atomic E-state index is 13.2. The first-order chi connectivity index (χ1) is 17.5. The molecule has 6 nitrogen and oxygen atoms in total. The minimum atomic E-state index is -1.47. The van der Waals surface area contributed by atoms with Crippen LogP contribution in [0.2, 0.25) is 0 Å². The predicted molar refractivity (Wildman–Crippen MR) is 143 cm³/mol. The van der Waals surface area contributed by atoms with Gasteiger partial charge in [-0.15, -0.1) is 0 Å². The van der Waals surface area contributed by atoms with Crippen LogP contribution in [0.25, 0.3) is 11.3 Å². The molecule has 3 heterocycles. The van der Waals surface area contributed by atoms with E-state index in [2.05, 4.69) is 41.8 Å². The van der Waals surface area contributed by atoms with Crippen LogP contribution in [0.3, 0.4) is 0 Å². The summed E-state index contributed by atoms with van der Waals surface area (Å²) in [7, 11) is 0. The number of hydrogen-bond acceptors (Lipinski definition) is 6. The summed E-state index contributed by atoms with van der Waals surface area (Å²) in [6.45, 7) is 6.50. The van der Waals surface area contributed by atoms with Gasteiger partial charge in [-0.3, -0.25) is 0 Å². The van der Waals surface area contributed by atoms with E-state index in [1.165, 1.54) is 5.56 Å². The largest absolute Gasteiger partial charge is 0.588 e. The Hall–Kier alpha value is -2.61. The molecule has 190 valence electrons. The molecular formula is C29H35N3O3S. The number of rotatable bonds is 3. The first-order valence-corrected chi connectivity index (χ1v) is 14.1. The number of benzene rings is 2. The summed E-state index contributed by atoms with van der Waals surface area (Å²) in [6.07, 6.45) is 6.53. The highest BCUT2D eigenvalue weighted by Crippen LogP contribution is 2.31. The second-order valence-electron chi connectivity index (χ2n) is 10.1. The molecule has 1 aromatic heterocycles. The Morgan fingerprint density at radius 2 is 1.75 bits per heavy atom. The Labute approximate surface area is 217 Å². The van der Waals surface area contributed by atoms with Crippen molar-refractivity contribution in [1.29, 1.82) is 0 Å². The van der Waals surface area contributed by atoms with E-state index in [9.17, 15) is 4.55 Å². The fraction of sp³-hybridized carbons (Fsp3) is 0.448. The van der Waals surface area contributed by atoms with E-state index in [1.54, 1.807) is 0 Å². The summed E-state index contributed by atoms with van der Waals surface area (Å²) in [5.74, 6) is 1.96. The van der Waals surface area contributed by atoms with E-state index in [-0.39, 0.29) is 0 Å². The van der Waals surface area contributed by atoms with Crippen LogP contribution in [0.5, 0.6) is 5.88 Å². The molecule has 4 bridgehead atoms. The van der Waals surface area contributed by atoms with Gasteiger partial charge in [0.2, 0.25) is 5.88 Å². The van der Waals surface area contributed by atoms with Crippen LogP contribution in [-0.4, -0.2) is 34.3 Å². The Kier molecular flexibility index (Phi) is 8.09. The zero-order valence-corrected chi connectivity index (χ0v) is 22.0. The van der Waals surface area contributed by atoms with E-state index in [0.717, 1.165) is 79.0 Å². The molecule has 1 N–H and O–H groups in total.